The SMILES string of the molecule is N#CC1CC(S(=O)(=O)c2nc3n(n2)C(c2ccccc2)CC3)C1. The molecule has 118 valence electrons. The number of nitriles is 1. The fraction of sp³-hybridized carbons (Fsp3) is 0.438. The number of rotatable bonds is 3. The summed E-state index contributed by atoms with van der Waals surface area (Å²) in [5.41, 5.74) is 1.12. The van der Waals surface area contributed by atoms with Gasteiger partial charge >= 0.3 is 0 Å². The number of nitrogens with zero attached hydrogens (tertiary/aromatic N) is 4. The van der Waals surface area contributed by atoms with Crippen LogP contribution in [-0.2, 0) is 16.3 Å². The van der Waals surface area contributed by atoms with Crippen LogP contribution in [0.15, 0.2) is 35.5 Å². The second-order valence-corrected chi connectivity index (χ2v) is 8.31. The van der Waals surface area contributed by atoms with E-state index in [0.29, 0.717) is 12.8 Å². The molecule has 1 aromatic carbocycles. The highest BCUT2D eigenvalue weighted by Crippen LogP contribution is 2.36. The second kappa shape index (κ2) is 5.17. The molecule has 1 unspecified atom stereocenters. The van der Waals surface area contributed by atoms with Crippen molar-refractivity contribution in [1.82, 2.24) is 14.8 Å². The van der Waals surface area contributed by atoms with E-state index in [2.05, 4.69) is 16.2 Å². The molecule has 2 aromatic rings. The molecule has 2 aliphatic rings. The Labute approximate surface area is 134 Å². The monoisotopic (exact) mass is 328 g/mol. The van der Waals surface area contributed by atoms with Gasteiger partial charge in [0.25, 0.3) is 5.16 Å². The maximum Gasteiger partial charge on any atom is 0.267 e. The van der Waals surface area contributed by atoms with Gasteiger partial charge in [-0.2, -0.15) is 5.26 Å². The number of benzene rings is 1. The van der Waals surface area contributed by atoms with Crippen LogP contribution in [0.25, 0.3) is 0 Å². The zero-order valence-electron chi connectivity index (χ0n) is 12.5. The van der Waals surface area contributed by atoms with Gasteiger partial charge < -0.3 is 0 Å². The highest BCUT2D eigenvalue weighted by atomic mass is 32.2. The summed E-state index contributed by atoms with van der Waals surface area (Å²) >= 11 is 0. The van der Waals surface area contributed by atoms with Gasteiger partial charge in [-0.25, -0.2) is 18.1 Å². The predicted molar refractivity (Wildman–Crippen MR) is 82.2 cm³/mol. The molecule has 0 spiro atoms. The lowest BCUT2D eigenvalue weighted by atomic mass is 9.86. The van der Waals surface area contributed by atoms with Crippen LogP contribution in [0.4, 0.5) is 0 Å². The summed E-state index contributed by atoms with van der Waals surface area (Å²) in [5, 5.41) is 12.5. The van der Waals surface area contributed by atoms with Gasteiger partial charge in [0.05, 0.1) is 17.4 Å². The van der Waals surface area contributed by atoms with Gasteiger partial charge in [-0.05, 0) is 24.8 Å². The van der Waals surface area contributed by atoms with Crippen molar-refractivity contribution in [3.63, 3.8) is 0 Å². The first-order valence-electron chi connectivity index (χ1n) is 7.73. The van der Waals surface area contributed by atoms with E-state index in [1.807, 2.05) is 30.3 Å². The van der Waals surface area contributed by atoms with E-state index in [1.165, 1.54) is 0 Å². The minimum atomic E-state index is -3.52. The molecule has 4 rings (SSSR count). The molecular formula is C16H16N4O2S. The van der Waals surface area contributed by atoms with Gasteiger partial charge in [0.1, 0.15) is 5.82 Å². The molecule has 23 heavy (non-hydrogen) atoms. The Morgan fingerprint density at radius 2 is 1.96 bits per heavy atom. The molecule has 2 heterocycles. The van der Waals surface area contributed by atoms with E-state index in [4.69, 9.17) is 5.26 Å². The number of aryl methyl sites for hydroxylation is 1. The Bertz CT molecular complexity index is 877. The summed E-state index contributed by atoms with van der Waals surface area (Å²) in [6, 6.07) is 12.1. The third kappa shape index (κ3) is 2.25. The van der Waals surface area contributed by atoms with Crippen LogP contribution < -0.4 is 0 Å². The fourth-order valence-corrected chi connectivity index (χ4v) is 5.02. The van der Waals surface area contributed by atoms with Gasteiger partial charge in [0.15, 0.2) is 0 Å². The van der Waals surface area contributed by atoms with Crippen molar-refractivity contribution in [2.75, 3.05) is 0 Å². The first-order chi connectivity index (χ1) is 11.1. The van der Waals surface area contributed by atoms with Crippen LogP contribution in [0.3, 0.4) is 0 Å². The van der Waals surface area contributed by atoms with Crippen LogP contribution >= 0.6 is 0 Å². The van der Waals surface area contributed by atoms with Crippen molar-refractivity contribution >= 4 is 9.84 Å². The Balaban J connectivity index is 1.64. The van der Waals surface area contributed by atoms with E-state index in [0.717, 1.165) is 24.2 Å². The first kappa shape index (κ1) is 14.4. The maximum absolute atomic E-state index is 12.6. The Hall–Kier alpha value is -2.20. The number of fused-ring (bicyclic) bond motifs is 1. The summed E-state index contributed by atoms with van der Waals surface area (Å²) in [6.45, 7) is 0. The van der Waals surface area contributed by atoms with Crippen LogP contribution in [0.1, 0.15) is 36.7 Å². The van der Waals surface area contributed by atoms with Crippen molar-refractivity contribution in [2.24, 2.45) is 5.92 Å². The Kier molecular flexibility index (Phi) is 3.23. The van der Waals surface area contributed by atoms with Crippen molar-refractivity contribution < 1.29 is 8.42 Å². The molecule has 1 saturated carbocycles. The second-order valence-electron chi connectivity index (χ2n) is 6.18. The van der Waals surface area contributed by atoms with Crippen molar-refractivity contribution in [2.45, 2.75) is 42.1 Å². The summed E-state index contributed by atoms with van der Waals surface area (Å²) in [7, 11) is -3.52. The normalized spacial score (nSPS) is 26.3. The highest BCUT2D eigenvalue weighted by Gasteiger charge is 2.42. The minimum Gasteiger partial charge on any atom is -0.241 e. The lowest BCUT2D eigenvalue weighted by Crippen LogP contribution is -2.35. The topological polar surface area (TPSA) is 88.6 Å². The van der Waals surface area contributed by atoms with Gasteiger partial charge in [0, 0.05) is 12.3 Å². The molecule has 0 radical (unpaired) electrons. The number of aromatic nitrogens is 3. The molecule has 1 aliphatic carbocycles. The quantitative estimate of drug-likeness (QED) is 0.858. The molecule has 0 N–H and O–H groups in total. The third-order valence-corrected chi connectivity index (χ3v) is 6.72. The molecule has 6 nitrogen and oxygen atoms in total. The minimum absolute atomic E-state index is 0.0518. The van der Waals surface area contributed by atoms with E-state index < -0.39 is 15.1 Å². The molecule has 1 aromatic heterocycles. The standard InChI is InChI=1S/C16H16N4O2S/c17-10-11-8-13(9-11)23(21,22)16-18-15-7-6-14(20(15)19-16)12-4-2-1-3-5-12/h1-5,11,13-14H,6-9H2. The third-order valence-electron chi connectivity index (χ3n) is 4.77. The molecular weight excluding hydrogens is 312 g/mol. The largest absolute Gasteiger partial charge is 0.267 e. The summed E-state index contributed by atoms with van der Waals surface area (Å²) < 4.78 is 26.9. The summed E-state index contributed by atoms with van der Waals surface area (Å²) in [6.07, 6.45) is 2.41. The average Bonchev–Trinajstić information content (AvgIpc) is 3.07. The number of hydrogen-bond acceptors (Lipinski definition) is 5. The van der Waals surface area contributed by atoms with Gasteiger partial charge in [-0.3, -0.25) is 0 Å². The molecule has 1 aliphatic heterocycles. The van der Waals surface area contributed by atoms with Crippen LogP contribution in [-0.4, -0.2) is 28.4 Å². The predicted octanol–water partition coefficient (Wildman–Crippen LogP) is 1.89. The Morgan fingerprint density at radius 1 is 1.22 bits per heavy atom. The van der Waals surface area contributed by atoms with E-state index >= 15 is 0 Å². The van der Waals surface area contributed by atoms with E-state index in [-0.39, 0.29) is 17.1 Å². The molecule has 1 fully saturated rings. The lowest BCUT2D eigenvalue weighted by Gasteiger charge is -2.28. The van der Waals surface area contributed by atoms with Gasteiger partial charge in [-0.15, -0.1) is 5.10 Å². The first-order valence-corrected chi connectivity index (χ1v) is 9.28. The van der Waals surface area contributed by atoms with E-state index in [1.54, 1.807) is 4.68 Å². The Morgan fingerprint density at radius 3 is 2.65 bits per heavy atom. The van der Waals surface area contributed by atoms with Crippen LogP contribution in [0.2, 0.25) is 0 Å². The fourth-order valence-electron chi connectivity index (χ4n) is 3.32. The van der Waals surface area contributed by atoms with Crippen molar-refractivity contribution in [3.8, 4) is 6.07 Å². The molecule has 0 amide bonds. The molecule has 7 heteroatoms. The zero-order valence-corrected chi connectivity index (χ0v) is 13.3. The zero-order chi connectivity index (χ0) is 16.0. The van der Waals surface area contributed by atoms with Gasteiger partial charge in [0.2, 0.25) is 9.84 Å². The maximum atomic E-state index is 12.6. The van der Waals surface area contributed by atoms with Crippen LogP contribution in [0.5, 0.6) is 0 Å². The van der Waals surface area contributed by atoms with Crippen molar-refractivity contribution in [3.05, 3.63) is 41.7 Å². The molecule has 0 saturated heterocycles. The average molecular weight is 328 g/mol. The molecule has 0 bridgehead atoms. The van der Waals surface area contributed by atoms with Crippen LogP contribution in [0, 0.1) is 17.2 Å². The van der Waals surface area contributed by atoms with E-state index in [9.17, 15) is 8.42 Å². The number of sulfone groups is 1. The lowest BCUT2D eigenvalue weighted by molar-refractivity contribution is 0.388. The summed E-state index contributed by atoms with van der Waals surface area (Å²) in [4.78, 5) is 4.27. The smallest absolute Gasteiger partial charge is 0.241 e. The van der Waals surface area contributed by atoms with Gasteiger partial charge in [-0.1, -0.05) is 30.3 Å². The van der Waals surface area contributed by atoms with Crippen molar-refractivity contribution in [1.29, 1.82) is 5.26 Å². The highest BCUT2D eigenvalue weighted by molar-refractivity contribution is 7.91. The number of hydrogen-bond donors (Lipinski definition) is 0. The summed E-state index contributed by atoms with van der Waals surface area (Å²) in [5.74, 6) is 0.579. The molecule has 1 atom stereocenters.